The number of thioether (sulfide) groups is 1. The van der Waals surface area contributed by atoms with E-state index in [4.69, 9.17) is 0 Å². The first-order valence-electron chi connectivity index (χ1n) is 6.69. The molecule has 0 aliphatic carbocycles. The average Bonchev–Trinajstić information content (AvgIpc) is 2.41. The van der Waals surface area contributed by atoms with E-state index in [-0.39, 0.29) is 5.25 Å². The maximum atomic E-state index is 12.3. The summed E-state index contributed by atoms with van der Waals surface area (Å²) in [5, 5.41) is 0.0193. The SMILES string of the molecule is Cc1ccc(S[C@@H](C)C(=O)N2CCCCC2)cc1. The summed E-state index contributed by atoms with van der Waals surface area (Å²) < 4.78 is 0. The van der Waals surface area contributed by atoms with Crippen LogP contribution in [0.4, 0.5) is 0 Å². The van der Waals surface area contributed by atoms with Crippen LogP contribution in [0.5, 0.6) is 0 Å². The fourth-order valence-electron chi connectivity index (χ4n) is 2.24. The van der Waals surface area contributed by atoms with Gasteiger partial charge in [0, 0.05) is 18.0 Å². The number of carbonyl (C=O) groups is 1. The largest absolute Gasteiger partial charge is 0.342 e. The van der Waals surface area contributed by atoms with Gasteiger partial charge in [-0.05, 0) is 45.2 Å². The molecule has 1 saturated heterocycles. The molecule has 1 aliphatic heterocycles. The summed E-state index contributed by atoms with van der Waals surface area (Å²) >= 11 is 1.66. The molecule has 1 heterocycles. The Balaban J connectivity index is 1.92. The quantitative estimate of drug-likeness (QED) is 0.778. The van der Waals surface area contributed by atoms with Crippen LogP contribution < -0.4 is 0 Å². The van der Waals surface area contributed by atoms with E-state index in [0.717, 1.165) is 25.9 Å². The summed E-state index contributed by atoms with van der Waals surface area (Å²) in [4.78, 5) is 15.5. The van der Waals surface area contributed by atoms with Crippen LogP contribution in [-0.2, 0) is 4.79 Å². The van der Waals surface area contributed by atoms with Crippen molar-refractivity contribution < 1.29 is 4.79 Å². The molecule has 0 unspecified atom stereocenters. The third-order valence-corrected chi connectivity index (χ3v) is 4.45. The highest BCUT2D eigenvalue weighted by molar-refractivity contribution is 8.00. The maximum absolute atomic E-state index is 12.3. The van der Waals surface area contributed by atoms with Crippen LogP contribution in [0.25, 0.3) is 0 Å². The number of piperidine rings is 1. The van der Waals surface area contributed by atoms with Crippen LogP contribution in [0.2, 0.25) is 0 Å². The predicted molar refractivity (Wildman–Crippen MR) is 76.9 cm³/mol. The molecular formula is C15H21NOS. The number of amides is 1. The van der Waals surface area contributed by atoms with Gasteiger partial charge < -0.3 is 4.90 Å². The van der Waals surface area contributed by atoms with Crippen molar-refractivity contribution in [3.05, 3.63) is 29.8 Å². The number of aryl methyl sites for hydroxylation is 1. The minimum absolute atomic E-state index is 0.0193. The lowest BCUT2D eigenvalue weighted by Gasteiger charge is -2.29. The van der Waals surface area contributed by atoms with E-state index in [1.807, 2.05) is 11.8 Å². The number of benzene rings is 1. The average molecular weight is 263 g/mol. The number of likely N-dealkylation sites (tertiary alicyclic amines) is 1. The van der Waals surface area contributed by atoms with E-state index in [1.165, 1.54) is 16.9 Å². The van der Waals surface area contributed by atoms with E-state index in [0.29, 0.717) is 5.91 Å². The van der Waals surface area contributed by atoms with E-state index in [2.05, 4.69) is 31.2 Å². The van der Waals surface area contributed by atoms with Gasteiger partial charge in [0.15, 0.2) is 0 Å². The zero-order valence-electron chi connectivity index (χ0n) is 11.2. The lowest BCUT2D eigenvalue weighted by atomic mass is 10.1. The molecule has 18 heavy (non-hydrogen) atoms. The molecule has 0 spiro atoms. The van der Waals surface area contributed by atoms with Gasteiger partial charge >= 0.3 is 0 Å². The second-order valence-corrected chi connectivity index (χ2v) is 6.37. The van der Waals surface area contributed by atoms with Gasteiger partial charge in [-0.2, -0.15) is 0 Å². The predicted octanol–water partition coefficient (Wildman–Crippen LogP) is 3.49. The zero-order valence-corrected chi connectivity index (χ0v) is 12.0. The van der Waals surface area contributed by atoms with E-state index >= 15 is 0 Å². The highest BCUT2D eigenvalue weighted by Crippen LogP contribution is 2.25. The molecule has 0 radical (unpaired) electrons. The molecule has 2 rings (SSSR count). The Bertz CT molecular complexity index is 395. The molecule has 1 atom stereocenters. The van der Waals surface area contributed by atoms with Crippen molar-refractivity contribution in [2.75, 3.05) is 13.1 Å². The van der Waals surface area contributed by atoms with Crippen molar-refractivity contribution in [2.24, 2.45) is 0 Å². The molecule has 1 aliphatic rings. The lowest BCUT2D eigenvalue weighted by molar-refractivity contribution is -0.131. The summed E-state index contributed by atoms with van der Waals surface area (Å²) in [6.45, 7) is 5.98. The van der Waals surface area contributed by atoms with E-state index in [1.54, 1.807) is 11.8 Å². The maximum Gasteiger partial charge on any atom is 0.235 e. The third-order valence-electron chi connectivity index (χ3n) is 3.35. The Hall–Kier alpha value is -0.960. The topological polar surface area (TPSA) is 20.3 Å². The third kappa shape index (κ3) is 3.52. The first kappa shape index (κ1) is 13.5. The van der Waals surface area contributed by atoms with Crippen molar-refractivity contribution in [1.82, 2.24) is 4.90 Å². The highest BCUT2D eigenvalue weighted by atomic mass is 32.2. The monoisotopic (exact) mass is 263 g/mol. The molecule has 0 aromatic heterocycles. The van der Waals surface area contributed by atoms with Gasteiger partial charge in [0.25, 0.3) is 0 Å². The van der Waals surface area contributed by atoms with Crippen LogP contribution in [0, 0.1) is 6.92 Å². The van der Waals surface area contributed by atoms with Crippen molar-refractivity contribution in [2.45, 2.75) is 43.3 Å². The summed E-state index contributed by atoms with van der Waals surface area (Å²) in [7, 11) is 0. The second kappa shape index (κ2) is 6.28. The first-order valence-corrected chi connectivity index (χ1v) is 7.57. The van der Waals surface area contributed by atoms with Gasteiger partial charge in [-0.25, -0.2) is 0 Å². The van der Waals surface area contributed by atoms with Crippen molar-refractivity contribution in [3.8, 4) is 0 Å². The Morgan fingerprint density at radius 1 is 1.17 bits per heavy atom. The Labute approximate surface area is 114 Å². The molecule has 1 aromatic rings. The summed E-state index contributed by atoms with van der Waals surface area (Å²) in [5.41, 5.74) is 1.26. The Kier molecular flexibility index (Phi) is 4.70. The van der Waals surface area contributed by atoms with Gasteiger partial charge in [0.05, 0.1) is 5.25 Å². The molecule has 1 aromatic carbocycles. The summed E-state index contributed by atoms with van der Waals surface area (Å²) in [6, 6.07) is 8.39. The number of hydrogen-bond donors (Lipinski definition) is 0. The number of carbonyl (C=O) groups excluding carboxylic acids is 1. The molecular weight excluding hydrogens is 242 g/mol. The van der Waals surface area contributed by atoms with E-state index < -0.39 is 0 Å². The van der Waals surface area contributed by atoms with Crippen molar-refractivity contribution in [3.63, 3.8) is 0 Å². The minimum atomic E-state index is 0.0193. The minimum Gasteiger partial charge on any atom is -0.342 e. The van der Waals surface area contributed by atoms with Crippen LogP contribution >= 0.6 is 11.8 Å². The van der Waals surface area contributed by atoms with Gasteiger partial charge in [-0.3, -0.25) is 4.79 Å². The number of hydrogen-bond acceptors (Lipinski definition) is 2. The second-order valence-electron chi connectivity index (χ2n) is 4.96. The molecule has 1 amide bonds. The van der Waals surface area contributed by atoms with Crippen molar-refractivity contribution >= 4 is 17.7 Å². The molecule has 1 fully saturated rings. The fraction of sp³-hybridized carbons (Fsp3) is 0.533. The van der Waals surface area contributed by atoms with Crippen LogP contribution in [-0.4, -0.2) is 29.1 Å². The summed E-state index contributed by atoms with van der Waals surface area (Å²) in [6.07, 6.45) is 3.59. The Morgan fingerprint density at radius 2 is 1.78 bits per heavy atom. The van der Waals surface area contributed by atoms with Crippen molar-refractivity contribution in [1.29, 1.82) is 0 Å². The van der Waals surface area contributed by atoms with Gasteiger partial charge in [0.2, 0.25) is 5.91 Å². The molecule has 0 N–H and O–H groups in total. The highest BCUT2D eigenvalue weighted by Gasteiger charge is 2.22. The number of nitrogens with zero attached hydrogens (tertiary/aromatic N) is 1. The van der Waals surface area contributed by atoms with Gasteiger partial charge in [0.1, 0.15) is 0 Å². The first-order chi connectivity index (χ1) is 8.66. The van der Waals surface area contributed by atoms with Gasteiger partial charge in [-0.15, -0.1) is 11.8 Å². The molecule has 2 nitrogen and oxygen atoms in total. The molecule has 3 heteroatoms. The number of rotatable bonds is 3. The van der Waals surface area contributed by atoms with Crippen LogP contribution in [0.1, 0.15) is 31.7 Å². The fourth-order valence-corrected chi connectivity index (χ4v) is 3.19. The van der Waals surface area contributed by atoms with Crippen LogP contribution in [0.3, 0.4) is 0 Å². The zero-order chi connectivity index (χ0) is 13.0. The standard InChI is InChI=1S/C15H21NOS/c1-12-6-8-14(9-7-12)18-13(2)15(17)16-10-4-3-5-11-16/h6-9,13H,3-5,10-11H2,1-2H3/t13-/m0/s1. The van der Waals surface area contributed by atoms with E-state index in [9.17, 15) is 4.79 Å². The summed E-state index contributed by atoms with van der Waals surface area (Å²) in [5.74, 6) is 0.292. The Morgan fingerprint density at radius 3 is 2.39 bits per heavy atom. The molecule has 98 valence electrons. The van der Waals surface area contributed by atoms with Gasteiger partial charge in [-0.1, -0.05) is 17.7 Å². The molecule has 0 saturated carbocycles. The lowest BCUT2D eigenvalue weighted by Crippen LogP contribution is -2.40. The molecule has 0 bridgehead atoms. The smallest absolute Gasteiger partial charge is 0.235 e. The normalized spacial score (nSPS) is 17.6. The van der Waals surface area contributed by atoms with Crippen LogP contribution in [0.15, 0.2) is 29.2 Å².